The fourth-order valence-electron chi connectivity index (χ4n) is 3.75. The lowest BCUT2D eigenvalue weighted by Gasteiger charge is -2.10. The fraction of sp³-hybridized carbons (Fsp3) is 0.261. The number of ether oxygens (including phenoxy) is 1. The normalized spacial score (nSPS) is 12.9. The van der Waals surface area contributed by atoms with Crippen molar-refractivity contribution >= 4 is 23.3 Å². The molecule has 1 aromatic carbocycles. The highest BCUT2D eigenvalue weighted by Crippen LogP contribution is 2.28. The van der Waals surface area contributed by atoms with Crippen molar-refractivity contribution in [3.63, 3.8) is 0 Å². The molecule has 154 valence electrons. The molecular weight excluding hydrogens is 384 g/mol. The van der Waals surface area contributed by atoms with Crippen molar-refractivity contribution in [1.82, 2.24) is 4.57 Å². The number of hydrogen-bond acceptors (Lipinski definition) is 5. The van der Waals surface area contributed by atoms with Gasteiger partial charge < -0.3 is 18.6 Å². The van der Waals surface area contributed by atoms with Crippen LogP contribution in [0.15, 0.2) is 47.1 Å². The number of carbonyl (C=O) groups excluding carboxylic acids is 3. The van der Waals surface area contributed by atoms with E-state index in [2.05, 4.69) is 0 Å². The van der Waals surface area contributed by atoms with E-state index < -0.39 is 5.97 Å². The zero-order valence-corrected chi connectivity index (χ0v) is 17.1. The van der Waals surface area contributed by atoms with Crippen molar-refractivity contribution in [2.24, 2.45) is 0 Å². The predicted molar refractivity (Wildman–Crippen MR) is 110 cm³/mol. The molecule has 30 heavy (non-hydrogen) atoms. The van der Waals surface area contributed by atoms with E-state index in [1.54, 1.807) is 42.5 Å². The fourth-order valence-corrected chi connectivity index (χ4v) is 3.75. The minimum Gasteiger partial charge on any atom is -0.467 e. The molecule has 0 radical (unpaired) electrons. The molecule has 0 saturated carbocycles. The number of rotatable bonds is 6. The van der Waals surface area contributed by atoms with Crippen molar-refractivity contribution in [3.05, 3.63) is 76.5 Å². The van der Waals surface area contributed by atoms with Crippen LogP contribution in [0, 0.1) is 13.8 Å². The molecule has 0 bridgehead atoms. The molecule has 2 aromatic heterocycles. The molecule has 3 aromatic rings. The molecule has 0 atom stereocenters. The van der Waals surface area contributed by atoms with E-state index in [9.17, 15) is 14.4 Å². The van der Waals surface area contributed by atoms with Gasteiger partial charge in [0.25, 0.3) is 0 Å². The summed E-state index contributed by atoms with van der Waals surface area (Å²) >= 11 is 0. The van der Waals surface area contributed by atoms with Gasteiger partial charge in [-0.05, 0) is 55.8 Å². The first-order valence-corrected chi connectivity index (χ1v) is 9.64. The largest absolute Gasteiger partial charge is 0.467 e. The van der Waals surface area contributed by atoms with Crippen LogP contribution in [0.2, 0.25) is 0 Å². The predicted octanol–water partition coefficient (Wildman–Crippen LogP) is 3.30. The summed E-state index contributed by atoms with van der Waals surface area (Å²) in [6.45, 7) is 3.89. The van der Waals surface area contributed by atoms with E-state index in [-0.39, 0.29) is 24.7 Å². The number of nitrogens with zero attached hydrogens (tertiary/aromatic N) is 2. The van der Waals surface area contributed by atoms with Crippen LogP contribution in [0.4, 0.5) is 5.69 Å². The lowest BCUT2D eigenvalue weighted by Crippen LogP contribution is -2.20. The van der Waals surface area contributed by atoms with Crippen LogP contribution >= 0.6 is 0 Å². The number of anilines is 1. The highest BCUT2D eigenvalue weighted by atomic mass is 16.5. The highest BCUT2D eigenvalue weighted by Gasteiger charge is 2.25. The zero-order chi connectivity index (χ0) is 21.4. The molecule has 0 unspecified atom stereocenters. The average Bonchev–Trinajstić information content (AvgIpc) is 3.41. The Morgan fingerprint density at radius 3 is 2.70 bits per heavy atom. The molecule has 0 fully saturated rings. The number of esters is 1. The molecule has 1 amide bonds. The summed E-state index contributed by atoms with van der Waals surface area (Å²) in [4.78, 5) is 38.5. The number of likely N-dealkylation sites (N-methyl/N-ethyl adjacent to an activating group) is 1. The Bertz CT molecular complexity index is 1140. The Kier molecular flexibility index (Phi) is 5.03. The van der Waals surface area contributed by atoms with E-state index in [0.717, 1.165) is 28.4 Å². The lowest BCUT2D eigenvalue weighted by molar-refractivity contribution is -0.117. The van der Waals surface area contributed by atoms with Gasteiger partial charge >= 0.3 is 5.97 Å². The molecule has 4 rings (SSSR count). The number of ketones is 1. The summed E-state index contributed by atoms with van der Waals surface area (Å²) in [6.07, 6.45) is 1.88. The number of hydrogen-bond donors (Lipinski definition) is 0. The number of aryl methyl sites for hydroxylation is 1. The number of benzene rings is 1. The number of carbonyl (C=O) groups is 3. The Balaban J connectivity index is 1.43. The maximum atomic E-state index is 12.6. The van der Waals surface area contributed by atoms with Gasteiger partial charge in [-0.2, -0.15) is 0 Å². The SMILES string of the molecule is Cc1cc(C(=O)OCC(=O)c2ccc3c(c2)CC(=O)N3C)c(C)n1Cc1ccco1. The molecule has 7 heteroatoms. The Morgan fingerprint density at radius 2 is 1.97 bits per heavy atom. The van der Waals surface area contributed by atoms with Gasteiger partial charge in [0.2, 0.25) is 5.91 Å². The molecule has 3 heterocycles. The van der Waals surface area contributed by atoms with E-state index in [0.29, 0.717) is 17.7 Å². The van der Waals surface area contributed by atoms with Gasteiger partial charge in [-0.1, -0.05) is 0 Å². The quantitative estimate of drug-likeness (QED) is 0.463. The highest BCUT2D eigenvalue weighted by molar-refractivity contribution is 6.04. The first kappa shape index (κ1) is 19.7. The minimum absolute atomic E-state index is 0.00840. The summed E-state index contributed by atoms with van der Waals surface area (Å²) in [6, 6.07) is 10.5. The van der Waals surface area contributed by atoms with Crippen LogP contribution in [-0.4, -0.2) is 35.9 Å². The van der Waals surface area contributed by atoms with Crippen molar-refractivity contribution in [1.29, 1.82) is 0 Å². The molecular formula is C23H22N2O5. The van der Waals surface area contributed by atoms with Gasteiger partial charge in [0.15, 0.2) is 12.4 Å². The van der Waals surface area contributed by atoms with Crippen LogP contribution in [-0.2, 0) is 22.5 Å². The van der Waals surface area contributed by atoms with Gasteiger partial charge in [0.05, 0.1) is 24.8 Å². The second-order valence-corrected chi connectivity index (χ2v) is 7.42. The van der Waals surface area contributed by atoms with E-state index in [1.807, 2.05) is 30.5 Å². The third kappa shape index (κ3) is 3.54. The monoisotopic (exact) mass is 406 g/mol. The molecule has 0 aliphatic carbocycles. The molecule has 0 N–H and O–H groups in total. The number of aromatic nitrogens is 1. The van der Waals surface area contributed by atoms with E-state index >= 15 is 0 Å². The lowest BCUT2D eigenvalue weighted by atomic mass is 10.1. The van der Waals surface area contributed by atoms with Gasteiger partial charge in [-0.15, -0.1) is 0 Å². The average molecular weight is 406 g/mol. The molecule has 1 aliphatic heterocycles. The van der Waals surface area contributed by atoms with Crippen LogP contribution in [0.5, 0.6) is 0 Å². The summed E-state index contributed by atoms with van der Waals surface area (Å²) in [5.74, 6) is -0.0747. The van der Waals surface area contributed by atoms with Gasteiger partial charge in [-0.25, -0.2) is 4.79 Å². The van der Waals surface area contributed by atoms with Gasteiger partial charge in [0, 0.05) is 29.7 Å². The molecule has 1 aliphatic rings. The third-order valence-electron chi connectivity index (χ3n) is 5.50. The van der Waals surface area contributed by atoms with E-state index in [4.69, 9.17) is 9.15 Å². The van der Waals surface area contributed by atoms with Crippen LogP contribution in [0.25, 0.3) is 0 Å². The maximum Gasteiger partial charge on any atom is 0.340 e. The number of Topliss-reactive ketones (excluding diaryl/α,β-unsaturated/α-hetero) is 1. The molecule has 0 saturated heterocycles. The molecule has 7 nitrogen and oxygen atoms in total. The third-order valence-corrected chi connectivity index (χ3v) is 5.50. The Morgan fingerprint density at radius 1 is 1.17 bits per heavy atom. The topological polar surface area (TPSA) is 81.8 Å². The summed E-state index contributed by atoms with van der Waals surface area (Å²) in [7, 11) is 1.71. The van der Waals surface area contributed by atoms with Crippen LogP contribution < -0.4 is 4.90 Å². The second-order valence-electron chi connectivity index (χ2n) is 7.42. The van der Waals surface area contributed by atoms with Crippen LogP contribution in [0.3, 0.4) is 0 Å². The summed E-state index contributed by atoms with van der Waals surface area (Å²) in [5, 5.41) is 0. The number of furan rings is 1. The smallest absolute Gasteiger partial charge is 0.340 e. The van der Waals surface area contributed by atoms with Gasteiger partial charge in [-0.3, -0.25) is 9.59 Å². The maximum absolute atomic E-state index is 12.6. The molecule has 0 spiro atoms. The van der Waals surface area contributed by atoms with Crippen LogP contribution in [0.1, 0.15) is 43.4 Å². The minimum atomic E-state index is -0.543. The van der Waals surface area contributed by atoms with Crippen molar-refractivity contribution in [3.8, 4) is 0 Å². The first-order chi connectivity index (χ1) is 14.3. The standard InChI is InChI=1S/C23H22N2O5/c1-14-9-19(15(2)25(14)12-18-5-4-8-29-18)23(28)30-13-21(26)16-6-7-20-17(10-16)11-22(27)24(20)3/h4-10H,11-13H2,1-3H3. The van der Waals surface area contributed by atoms with Crippen molar-refractivity contribution in [2.75, 3.05) is 18.6 Å². The van der Waals surface area contributed by atoms with Crippen molar-refractivity contribution in [2.45, 2.75) is 26.8 Å². The zero-order valence-electron chi connectivity index (χ0n) is 17.1. The Hall–Kier alpha value is -3.61. The first-order valence-electron chi connectivity index (χ1n) is 9.64. The van der Waals surface area contributed by atoms with Gasteiger partial charge in [0.1, 0.15) is 5.76 Å². The van der Waals surface area contributed by atoms with Crippen molar-refractivity contribution < 1.29 is 23.5 Å². The number of amides is 1. The second kappa shape index (κ2) is 7.67. The number of fused-ring (bicyclic) bond motifs is 1. The Labute approximate surface area is 173 Å². The summed E-state index contributed by atoms with van der Waals surface area (Å²) < 4.78 is 12.6. The van der Waals surface area contributed by atoms with E-state index in [1.165, 1.54) is 0 Å². The summed E-state index contributed by atoms with van der Waals surface area (Å²) in [5.41, 5.74) is 4.11.